The van der Waals surface area contributed by atoms with Gasteiger partial charge in [0.1, 0.15) is 0 Å². The fourth-order valence-corrected chi connectivity index (χ4v) is 2.64. The van der Waals surface area contributed by atoms with Crippen LogP contribution in [-0.4, -0.2) is 63.8 Å². The van der Waals surface area contributed by atoms with Crippen LogP contribution in [0.15, 0.2) is 4.99 Å². The minimum atomic E-state index is 0.652. The fraction of sp³-hybridized carbons (Fsp3) is 0.938. The van der Waals surface area contributed by atoms with E-state index in [1.54, 1.807) is 0 Å². The van der Waals surface area contributed by atoms with Gasteiger partial charge in [-0.2, -0.15) is 0 Å². The van der Waals surface area contributed by atoms with Crippen molar-refractivity contribution in [1.82, 2.24) is 15.5 Å². The van der Waals surface area contributed by atoms with Crippen molar-refractivity contribution in [3.8, 4) is 0 Å². The lowest BCUT2D eigenvalue weighted by molar-refractivity contribution is 0.143. The third-order valence-electron chi connectivity index (χ3n) is 3.82. The van der Waals surface area contributed by atoms with E-state index in [1.165, 1.54) is 32.5 Å². The fourth-order valence-electron chi connectivity index (χ4n) is 2.64. The van der Waals surface area contributed by atoms with Crippen LogP contribution in [-0.2, 0) is 4.74 Å². The molecule has 0 saturated carbocycles. The van der Waals surface area contributed by atoms with Gasteiger partial charge in [-0.25, -0.2) is 0 Å². The Morgan fingerprint density at radius 3 is 2.67 bits per heavy atom. The van der Waals surface area contributed by atoms with E-state index in [4.69, 9.17) is 4.74 Å². The van der Waals surface area contributed by atoms with E-state index in [0.717, 1.165) is 45.1 Å². The van der Waals surface area contributed by atoms with Gasteiger partial charge in [-0.05, 0) is 51.6 Å². The molecule has 1 aliphatic heterocycles. The Bertz CT molecular complexity index is 277. The summed E-state index contributed by atoms with van der Waals surface area (Å²) in [4.78, 5) is 6.84. The molecular formula is C16H34N4O. The number of unbranched alkanes of at least 4 members (excludes halogenated alkanes) is 1. The van der Waals surface area contributed by atoms with Crippen LogP contribution in [0.5, 0.6) is 0 Å². The molecule has 2 N–H and O–H groups in total. The minimum Gasteiger partial charge on any atom is -0.382 e. The largest absolute Gasteiger partial charge is 0.382 e. The van der Waals surface area contributed by atoms with Crippen molar-refractivity contribution in [2.24, 2.45) is 10.9 Å². The highest BCUT2D eigenvalue weighted by molar-refractivity contribution is 5.79. The molecule has 1 saturated heterocycles. The molecule has 1 unspecified atom stereocenters. The van der Waals surface area contributed by atoms with E-state index < -0.39 is 0 Å². The summed E-state index contributed by atoms with van der Waals surface area (Å²) in [6.07, 6.45) is 4.95. The van der Waals surface area contributed by atoms with Crippen LogP contribution in [0.25, 0.3) is 0 Å². The maximum Gasteiger partial charge on any atom is 0.190 e. The molecule has 1 atom stereocenters. The zero-order valence-corrected chi connectivity index (χ0v) is 14.2. The zero-order chi connectivity index (χ0) is 15.3. The highest BCUT2D eigenvalue weighted by atomic mass is 16.5. The lowest BCUT2D eigenvalue weighted by atomic mass is 10.1. The van der Waals surface area contributed by atoms with Crippen molar-refractivity contribution in [2.45, 2.75) is 39.5 Å². The lowest BCUT2D eigenvalue weighted by Gasteiger charge is -2.21. The number of nitrogens with one attached hydrogen (secondary N) is 2. The van der Waals surface area contributed by atoms with Gasteiger partial charge in [0, 0.05) is 39.9 Å². The predicted molar refractivity (Wildman–Crippen MR) is 89.9 cm³/mol. The smallest absolute Gasteiger partial charge is 0.190 e. The van der Waals surface area contributed by atoms with Crippen molar-refractivity contribution >= 4 is 5.96 Å². The lowest BCUT2D eigenvalue weighted by Crippen LogP contribution is -2.41. The van der Waals surface area contributed by atoms with Gasteiger partial charge in [0.2, 0.25) is 0 Å². The van der Waals surface area contributed by atoms with Crippen LogP contribution in [0.3, 0.4) is 0 Å². The first-order valence-electron chi connectivity index (χ1n) is 8.50. The first-order chi connectivity index (χ1) is 10.3. The molecule has 21 heavy (non-hydrogen) atoms. The number of guanidine groups is 1. The second-order valence-corrected chi connectivity index (χ2v) is 5.90. The average molecular weight is 298 g/mol. The summed E-state index contributed by atoms with van der Waals surface area (Å²) in [6, 6.07) is 0. The monoisotopic (exact) mass is 298 g/mol. The summed E-state index contributed by atoms with van der Waals surface area (Å²) >= 11 is 0. The molecule has 0 aromatic rings. The Labute approximate surface area is 130 Å². The molecule has 1 fully saturated rings. The van der Waals surface area contributed by atoms with Gasteiger partial charge in [0.25, 0.3) is 0 Å². The number of rotatable bonds is 10. The van der Waals surface area contributed by atoms with Gasteiger partial charge in [0.15, 0.2) is 5.96 Å². The van der Waals surface area contributed by atoms with Crippen molar-refractivity contribution in [3.63, 3.8) is 0 Å². The SMILES string of the molecule is CCOCCCCNC(=NC)NCC(C)CN1CCCC1. The van der Waals surface area contributed by atoms with E-state index in [-0.39, 0.29) is 0 Å². The average Bonchev–Trinajstić information content (AvgIpc) is 2.98. The summed E-state index contributed by atoms with van der Waals surface area (Å²) < 4.78 is 5.33. The van der Waals surface area contributed by atoms with Gasteiger partial charge >= 0.3 is 0 Å². The van der Waals surface area contributed by atoms with Crippen molar-refractivity contribution in [3.05, 3.63) is 0 Å². The Kier molecular flexibility index (Phi) is 10.3. The van der Waals surface area contributed by atoms with Crippen LogP contribution >= 0.6 is 0 Å². The Balaban J connectivity index is 2.04. The van der Waals surface area contributed by atoms with Crippen molar-refractivity contribution in [1.29, 1.82) is 0 Å². The Morgan fingerprint density at radius 2 is 2.00 bits per heavy atom. The maximum atomic E-state index is 5.33. The normalized spacial score (nSPS) is 18.0. The summed E-state index contributed by atoms with van der Waals surface area (Å²) in [6.45, 7) is 11.7. The van der Waals surface area contributed by atoms with Gasteiger partial charge < -0.3 is 20.3 Å². The molecule has 0 bridgehead atoms. The summed E-state index contributed by atoms with van der Waals surface area (Å²) in [7, 11) is 1.83. The highest BCUT2D eigenvalue weighted by Gasteiger charge is 2.14. The van der Waals surface area contributed by atoms with E-state index in [9.17, 15) is 0 Å². The molecule has 1 aliphatic rings. The van der Waals surface area contributed by atoms with Crippen LogP contribution in [0.2, 0.25) is 0 Å². The Hall–Kier alpha value is -0.810. The van der Waals surface area contributed by atoms with E-state index in [2.05, 4.69) is 27.4 Å². The molecule has 1 rings (SSSR count). The number of likely N-dealkylation sites (tertiary alicyclic amines) is 1. The second kappa shape index (κ2) is 11.8. The summed E-state index contributed by atoms with van der Waals surface area (Å²) in [5.41, 5.74) is 0. The van der Waals surface area contributed by atoms with Gasteiger partial charge in [-0.1, -0.05) is 6.92 Å². The van der Waals surface area contributed by atoms with Crippen molar-refractivity contribution < 1.29 is 4.74 Å². The van der Waals surface area contributed by atoms with Crippen molar-refractivity contribution in [2.75, 3.05) is 53.0 Å². The number of aliphatic imine (C=N–C) groups is 1. The van der Waals surface area contributed by atoms with Crippen LogP contribution < -0.4 is 10.6 Å². The minimum absolute atomic E-state index is 0.652. The summed E-state index contributed by atoms with van der Waals surface area (Å²) in [5.74, 6) is 1.57. The van der Waals surface area contributed by atoms with E-state index in [1.807, 2.05) is 14.0 Å². The molecule has 1 heterocycles. The third kappa shape index (κ3) is 8.94. The van der Waals surface area contributed by atoms with Gasteiger partial charge in [-0.15, -0.1) is 0 Å². The second-order valence-electron chi connectivity index (χ2n) is 5.90. The summed E-state index contributed by atoms with van der Waals surface area (Å²) in [5, 5.41) is 6.79. The molecule has 124 valence electrons. The molecule has 0 aromatic carbocycles. The first-order valence-corrected chi connectivity index (χ1v) is 8.50. The van der Waals surface area contributed by atoms with Crippen LogP contribution in [0.4, 0.5) is 0 Å². The maximum absolute atomic E-state index is 5.33. The van der Waals surface area contributed by atoms with Crippen LogP contribution in [0, 0.1) is 5.92 Å². The molecular weight excluding hydrogens is 264 g/mol. The molecule has 5 nitrogen and oxygen atoms in total. The molecule has 0 amide bonds. The topological polar surface area (TPSA) is 48.9 Å². The number of ether oxygens (including phenoxy) is 1. The molecule has 0 aliphatic carbocycles. The number of nitrogens with zero attached hydrogens (tertiary/aromatic N) is 2. The molecule has 0 spiro atoms. The van der Waals surface area contributed by atoms with Gasteiger partial charge in [0.05, 0.1) is 0 Å². The third-order valence-corrected chi connectivity index (χ3v) is 3.82. The van der Waals surface area contributed by atoms with Crippen LogP contribution in [0.1, 0.15) is 39.5 Å². The molecule has 0 aromatic heterocycles. The number of hydrogen-bond donors (Lipinski definition) is 2. The standard InChI is InChI=1S/C16H34N4O/c1-4-21-12-8-5-9-18-16(17-3)19-13-15(2)14-20-10-6-7-11-20/h15H,4-14H2,1-3H3,(H2,17,18,19). The van der Waals surface area contributed by atoms with E-state index >= 15 is 0 Å². The Morgan fingerprint density at radius 1 is 1.24 bits per heavy atom. The first kappa shape index (κ1) is 18.2. The molecule has 5 heteroatoms. The number of hydrogen-bond acceptors (Lipinski definition) is 3. The van der Waals surface area contributed by atoms with E-state index in [0.29, 0.717) is 5.92 Å². The van der Waals surface area contributed by atoms with Gasteiger partial charge in [-0.3, -0.25) is 4.99 Å². The quantitative estimate of drug-likeness (QED) is 0.366. The predicted octanol–water partition coefficient (Wildman–Crippen LogP) is 1.70. The molecule has 0 radical (unpaired) electrons. The zero-order valence-electron chi connectivity index (χ0n) is 14.2. The highest BCUT2D eigenvalue weighted by Crippen LogP contribution is 2.09.